The topological polar surface area (TPSA) is 111 Å². The van der Waals surface area contributed by atoms with Crippen LogP contribution >= 0.6 is 0 Å². The summed E-state index contributed by atoms with van der Waals surface area (Å²) in [7, 11) is 1.00. The first-order valence-electron chi connectivity index (χ1n) is 10.0. The summed E-state index contributed by atoms with van der Waals surface area (Å²) in [5.74, 6) is 1.32. The van der Waals surface area contributed by atoms with Crippen LogP contribution in [0.4, 0.5) is 11.6 Å². The average molecular weight is 399 g/mol. The zero-order valence-electron chi connectivity index (χ0n) is 17.2. The van der Waals surface area contributed by atoms with Gasteiger partial charge < -0.3 is 15.5 Å². The molecular formula is C21H29N5O3. The van der Waals surface area contributed by atoms with Gasteiger partial charge in [0.05, 0.1) is 24.1 Å². The van der Waals surface area contributed by atoms with E-state index >= 15 is 0 Å². The molecule has 0 spiro atoms. The summed E-state index contributed by atoms with van der Waals surface area (Å²) in [6.45, 7) is 3.67. The van der Waals surface area contributed by atoms with Crippen molar-refractivity contribution in [3.8, 4) is 11.3 Å². The number of amides is 1. The fourth-order valence-electron chi connectivity index (χ4n) is 3.80. The molecule has 1 fully saturated rings. The molecule has 0 unspecified atom stereocenters. The van der Waals surface area contributed by atoms with Crippen molar-refractivity contribution in [2.24, 2.45) is 0 Å². The summed E-state index contributed by atoms with van der Waals surface area (Å²) in [5.41, 5.74) is 1.08. The molecule has 29 heavy (non-hydrogen) atoms. The lowest BCUT2D eigenvalue weighted by molar-refractivity contribution is -0.117. The Balaban J connectivity index is 0.00000117. The summed E-state index contributed by atoms with van der Waals surface area (Å²) in [6.07, 6.45) is 8.93. The molecule has 156 valence electrons. The molecule has 0 bridgehead atoms. The van der Waals surface area contributed by atoms with Crippen molar-refractivity contribution in [3.63, 3.8) is 0 Å². The van der Waals surface area contributed by atoms with Crippen LogP contribution in [0.1, 0.15) is 51.6 Å². The maximum absolute atomic E-state index is 12.6. The average Bonchev–Trinajstić information content (AvgIpc) is 2.75. The molecule has 0 saturated heterocycles. The molecule has 3 heterocycles. The van der Waals surface area contributed by atoms with E-state index in [4.69, 9.17) is 10.1 Å². The fourth-order valence-corrected chi connectivity index (χ4v) is 3.80. The van der Waals surface area contributed by atoms with E-state index in [2.05, 4.69) is 15.3 Å². The van der Waals surface area contributed by atoms with E-state index in [1.54, 1.807) is 32.3 Å². The molecule has 4 rings (SSSR count). The number of aliphatic hydroxyl groups excluding tert-OH is 1. The summed E-state index contributed by atoms with van der Waals surface area (Å²) in [4.78, 5) is 28.1. The van der Waals surface area contributed by atoms with Crippen molar-refractivity contribution >= 4 is 17.5 Å². The number of hydrogen-bond donors (Lipinski definition) is 3. The maximum atomic E-state index is 12.6. The van der Waals surface area contributed by atoms with Crippen molar-refractivity contribution in [2.45, 2.75) is 57.6 Å². The summed E-state index contributed by atoms with van der Waals surface area (Å²) in [5, 5.41) is 20.1. The second-order valence-electron chi connectivity index (χ2n) is 7.83. The number of pyridine rings is 1. The molecule has 0 atom stereocenters. The van der Waals surface area contributed by atoms with Crippen LogP contribution in [-0.4, -0.2) is 50.8 Å². The van der Waals surface area contributed by atoms with Crippen molar-refractivity contribution < 1.29 is 15.0 Å². The van der Waals surface area contributed by atoms with Crippen LogP contribution in [0.5, 0.6) is 0 Å². The first-order valence-corrected chi connectivity index (χ1v) is 10.0. The van der Waals surface area contributed by atoms with Gasteiger partial charge in [-0.05, 0) is 38.8 Å². The van der Waals surface area contributed by atoms with E-state index < -0.39 is 5.60 Å². The molecule has 1 amide bonds. The molecule has 1 aliphatic carbocycles. The highest BCUT2D eigenvalue weighted by atomic mass is 16.3. The number of anilines is 2. The van der Waals surface area contributed by atoms with Gasteiger partial charge in [0.1, 0.15) is 5.60 Å². The van der Waals surface area contributed by atoms with Gasteiger partial charge in [0.15, 0.2) is 11.6 Å². The van der Waals surface area contributed by atoms with Gasteiger partial charge in [0.25, 0.3) is 0 Å². The van der Waals surface area contributed by atoms with Crippen LogP contribution in [0, 0.1) is 0 Å². The van der Waals surface area contributed by atoms with Crippen molar-refractivity contribution in [2.75, 3.05) is 23.9 Å². The SMILES string of the molecule is CC(C)(O)c1ccc(-c2cnc3c(n2)N(C2CCCCC2)C(=O)CN3)cn1.CO. The Labute approximate surface area is 171 Å². The van der Waals surface area contributed by atoms with E-state index in [0.29, 0.717) is 23.0 Å². The van der Waals surface area contributed by atoms with Crippen molar-refractivity contribution in [1.29, 1.82) is 0 Å². The first-order chi connectivity index (χ1) is 13.9. The van der Waals surface area contributed by atoms with Gasteiger partial charge in [-0.25, -0.2) is 9.97 Å². The molecule has 8 nitrogen and oxygen atoms in total. The highest BCUT2D eigenvalue weighted by Gasteiger charge is 2.33. The maximum Gasteiger partial charge on any atom is 0.247 e. The van der Waals surface area contributed by atoms with Crippen LogP contribution in [0.15, 0.2) is 24.5 Å². The summed E-state index contributed by atoms with van der Waals surface area (Å²) >= 11 is 0. The minimum absolute atomic E-state index is 0.0522. The van der Waals surface area contributed by atoms with E-state index in [-0.39, 0.29) is 18.5 Å². The summed E-state index contributed by atoms with van der Waals surface area (Å²) < 4.78 is 0. The highest BCUT2D eigenvalue weighted by Crippen LogP contribution is 2.34. The molecular weight excluding hydrogens is 370 g/mol. The third kappa shape index (κ3) is 4.54. The molecule has 0 radical (unpaired) electrons. The zero-order valence-corrected chi connectivity index (χ0v) is 17.2. The zero-order chi connectivity index (χ0) is 21.0. The van der Waals surface area contributed by atoms with Gasteiger partial charge in [0, 0.05) is 24.9 Å². The van der Waals surface area contributed by atoms with Gasteiger partial charge in [-0.2, -0.15) is 0 Å². The number of aromatic nitrogens is 3. The van der Waals surface area contributed by atoms with Crippen molar-refractivity contribution in [1.82, 2.24) is 15.0 Å². The van der Waals surface area contributed by atoms with Gasteiger partial charge in [-0.1, -0.05) is 19.3 Å². The number of hydrogen-bond acceptors (Lipinski definition) is 7. The molecule has 0 aromatic carbocycles. The third-order valence-corrected chi connectivity index (χ3v) is 5.28. The summed E-state index contributed by atoms with van der Waals surface area (Å²) in [6, 6.07) is 3.87. The minimum atomic E-state index is -0.992. The standard InChI is InChI=1S/C20H25N5O2.CH4O/c1-20(2,27)16-9-8-13(10-21-16)15-11-22-18-19(24-15)25(17(26)12-23-18)14-6-4-3-5-7-14;1-2/h8-11,14,27H,3-7,12H2,1-2H3,(H,22,23);2H,1H3. The molecule has 1 aliphatic heterocycles. The predicted molar refractivity (Wildman–Crippen MR) is 111 cm³/mol. The Bertz CT molecular complexity index is 842. The number of rotatable bonds is 3. The Hall–Kier alpha value is -2.58. The number of nitrogens with one attached hydrogen (secondary N) is 1. The van der Waals surface area contributed by atoms with Crippen LogP contribution < -0.4 is 10.2 Å². The lowest BCUT2D eigenvalue weighted by Crippen LogP contribution is -2.48. The molecule has 1 saturated carbocycles. The van der Waals surface area contributed by atoms with E-state index in [0.717, 1.165) is 38.4 Å². The number of carbonyl (C=O) groups is 1. The second kappa shape index (κ2) is 8.84. The smallest absolute Gasteiger partial charge is 0.247 e. The van der Waals surface area contributed by atoms with E-state index in [1.807, 2.05) is 11.0 Å². The Morgan fingerprint density at radius 3 is 2.45 bits per heavy atom. The molecule has 8 heteroatoms. The monoisotopic (exact) mass is 399 g/mol. The number of aliphatic hydroxyl groups is 2. The Morgan fingerprint density at radius 2 is 1.83 bits per heavy atom. The van der Waals surface area contributed by atoms with Crippen LogP contribution in [-0.2, 0) is 10.4 Å². The van der Waals surface area contributed by atoms with Crippen LogP contribution in [0.3, 0.4) is 0 Å². The molecule has 3 N–H and O–H groups in total. The minimum Gasteiger partial charge on any atom is -0.400 e. The molecule has 2 aromatic heterocycles. The van der Waals surface area contributed by atoms with E-state index in [1.165, 1.54) is 6.42 Å². The lowest BCUT2D eigenvalue weighted by atomic mass is 9.93. The Morgan fingerprint density at radius 1 is 1.10 bits per heavy atom. The van der Waals surface area contributed by atoms with E-state index in [9.17, 15) is 9.90 Å². The first kappa shape index (κ1) is 21.1. The highest BCUT2D eigenvalue weighted by molar-refractivity contribution is 6.01. The normalized spacial score (nSPS) is 17.1. The third-order valence-electron chi connectivity index (χ3n) is 5.28. The molecule has 2 aliphatic rings. The Kier molecular flexibility index (Phi) is 6.44. The van der Waals surface area contributed by atoms with Gasteiger partial charge in [0.2, 0.25) is 5.91 Å². The number of nitrogens with zero attached hydrogens (tertiary/aromatic N) is 4. The second-order valence-corrected chi connectivity index (χ2v) is 7.83. The van der Waals surface area contributed by atoms with Crippen LogP contribution in [0.2, 0.25) is 0 Å². The quantitative estimate of drug-likeness (QED) is 0.727. The largest absolute Gasteiger partial charge is 0.400 e. The predicted octanol–water partition coefficient (Wildman–Crippen LogP) is 2.47. The fraction of sp³-hybridized carbons (Fsp3) is 0.524. The molecule has 2 aromatic rings. The number of fused-ring (bicyclic) bond motifs is 1. The van der Waals surface area contributed by atoms with Gasteiger partial charge in [-0.3, -0.25) is 14.7 Å². The van der Waals surface area contributed by atoms with Gasteiger partial charge in [-0.15, -0.1) is 0 Å². The lowest BCUT2D eigenvalue weighted by Gasteiger charge is -2.37. The van der Waals surface area contributed by atoms with Crippen LogP contribution in [0.25, 0.3) is 11.3 Å². The van der Waals surface area contributed by atoms with Crippen molar-refractivity contribution in [3.05, 3.63) is 30.2 Å². The number of carbonyl (C=O) groups excluding carboxylic acids is 1. The van der Waals surface area contributed by atoms with Gasteiger partial charge >= 0.3 is 0 Å².